The summed E-state index contributed by atoms with van der Waals surface area (Å²) < 4.78 is 14.5. The van der Waals surface area contributed by atoms with Crippen LogP contribution in [0.5, 0.6) is 0 Å². The first-order valence-electron chi connectivity index (χ1n) is 2.98. The zero-order valence-electron chi connectivity index (χ0n) is 5.57. The van der Waals surface area contributed by atoms with Crippen LogP contribution in [0.4, 0.5) is 4.39 Å². The van der Waals surface area contributed by atoms with E-state index in [1.807, 2.05) is 28.7 Å². The fourth-order valence-corrected chi connectivity index (χ4v) is 1.69. The van der Waals surface area contributed by atoms with Crippen LogP contribution in [0.2, 0.25) is 0 Å². The number of rotatable bonds is 1. The zero-order chi connectivity index (χ0) is 8.43. The summed E-state index contributed by atoms with van der Waals surface area (Å²) >= 11 is 4.07. The molecule has 0 saturated carbocycles. The van der Waals surface area contributed by atoms with E-state index in [9.17, 15) is 4.39 Å². The Morgan fingerprint density at radius 1 is 1.36 bits per heavy atom. The highest BCUT2D eigenvalue weighted by atomic mass is 127. The highest BCUT2D eigenvalue weighted by molar-refractivity contribution is 14.1. The number of benzene rings is 1. The fraction of sp³-hybridized carbons (Fsp3) is 0.143. The Bertz CT molecular complexity index is 252. The maximum Gasteiger partial charge on any atom is 0.137 e. The largest absolute Gasteiger partial charge is 0.326 e. The number of hydrogen-bond acceptors (Lipinski definition) is 1. The Morgan fingerprint density at radius 2 is 2.00 bits per heavy atom. The summed E-state index contributed by atoms with van der Waals surface area (Å²) in [6, 6.07) is 3.37. The van der Waals surface area contributed by atoms with Crippen molar-refractivity contribution in [3.8, 4) is 0 Å². The van der Waals surface area contributed by atoms with Gasteiger partial charge < -0.3 is 5.73 Å². The van der Waals surface area contributed by atoms with Crippen LogP contribution in [0.25, 0.3) is 0 Å². The molecule has 2 N–H and O–H groups in total. The van der Waals surface area contributed by atoms with E-state index in [4.69, 9.17) is 5.73 Å². The zero-order valence-corrected chi connectivity index (χ0v) is 9.89. The summed E-state index contributed by atoms with van der Waals surface area (Å²) in [6.45, 7) is 0.393. The third-order valence-corrected chi connectivity index (χ3v) is 4.26. The van der Waals surface area contributed by atoms with Gasteiger partial charge in [-0.1, -0.05) is 0 Å². The van der Waals surface area contributed by atoms with Crippen LogP contribution in [0.1, 0.15) is 5.56 Å². The molecule has 0 aliphatic heterocycles. The predicted octanol–water partition coefficient (Wildman–Crippen LogP) is 2.49. The average Bonchev–Trinajstić information content (AvgIpc) is 1.99. The minimum atomic E-state index is -0.182. The van der Waals surface area contributed by atoms with Gasteiger partial charge in [-0.3, -0.25) is 0 Å². The number of nitrogens with two attached hydrogens (primary N) is 1. The molecule has 0 atom stereocenters. The van der Waals surface area contributed by atoms with Crippen LogP contribution >= 0.6 is 45.2 Å². The molecule has 0 radical (unpaired) electrons. The number of halogens is 3. The van der Waals surface area contributed by atoms with Gasteiger partial charge in [0.25, 0.3) is 0 Å². The van der Waals surface area contributed by atoms with E-state index in [1.54, 1.807) is 0 Å². The first kappa shape index (κ1) is 9.66. The second-order valence-corrected chi connectivity index (χ2v) is 4.32. The van der Waals surface area contributed by atoms with Gasteiger partial charge in [0.05, 0.1) is 3.57 Å². The summed E-state index contributed by atoms with van der Waals surface area (Å²) in [5.74, 6) is -0.182. The molecule has 0 unspecified atom stereocenters. The van der Waals surface area contributed by atoms with Crippen molar-refractivity contribution in [2.75, 3.05) is 0 Å². The Hall–Kier alpha value is 0.570. The van der Waals surface area contributed by atoms with Crippen molar-refractivity contribution >= 4 is 45.2 Å². The highest BCUT2D eigenvalue weighted by Gasteiger charge is 2.04. The normalized spacial score (nSPS) is 10.2. The molecule has 1 rings (SSSR count). The van der Waals surface area contributed by atoms with Crippen molar-refractivity contribution < 1.29 is 4.39 Å². The lowest BCUT2D eigenvalue weighted by Crippen LogP contribution is -1.99. The minimum Gasteiger partial charge on any atom is -0.326 e. The van der Waals surface area contributed by atoms with E-state index in [-0.39, 0.29) is 5.82 Å². The van der Waals surface area contributed by atoms with Gasteiger partial charge in [0.2, 0.25) is 0 Å². The van der Waals surface area contributed by atoms with Crippen LogP contribution in [-0.2, 0) is 6.54 Å². The predicted molar refractivity (Wildman–Crippen MR) is 59.7 cm³/mol. The first-order chi connectivity index (χ1) is 5.15. The van der Waals surface area contributed by atoms with Gasteiger partial charge in [-0.2, -0.15) is 0 Å². The van der Waals surface area contributed by atoms with Gasteiger partial charge in [-0.15, -0.1) is 0 Å². The Kier molecular flexibility index (Phi) is 3.51. The minimum absolute atomic E-state index is 0.182. The Balaban J connectivity index is 3.21. The molecule has 0 aromatic heterocycles. The Labute approximate surface area is 91.8 Å². The third kappa shape index (κ3) is 2.25. The van der Waals surface area contributed by atoms with Crippen molar-refractivity contribution in [1.29, 1.82) is 0 Å². The topological polar surface area (TPSA) is 26.0 Å². The molecule has 11 heavy (non-hydrogen) atoms. The second kappa shape index (κ2) is 3.99. The lowest BCUT2D eigenvalue weighted by Gasteiger charge is -2.01. The molecule has 0 fully saturated rings. The maximum atomic E-state index is 13.0. The van der Waals surface area contributed by atoms with E-state index in [1.165, 1.54) is 6.07 Å². The van der Waals surface area contributed by atoms with Crippen molar-refractivity contribution in [2.45, 2.75) is 6.54 Å². The van der Waals surface area contributed by atoms with Gasteiger partial charge in [0, 0.05) is 10.1 Å². The quantitative estimate of drug-likeness (QED) is 0.591. The van der Waals surface area contributed by atoms with Gasteiger partial charge in [0.1, 0.15) is 5.82 Å². The molecule has 0 spiro atoms. The molecule has 0 heterocycles. The van der Waals surface area contributed by atoms with Gasteiger partial charge in [0.15, 0.2) is 0 Å². The molecule has 1 aromatic rings. The summed E-state index contributed by atoms with van der Waals surface area (Å²) in [4.78, 5) is 0. The van der Waals surface area contributed by atoms with Crippen molar-refractivity contribution in [3.05, 3.63) is 30.7 Å². The lowest BCUT2D eigenvalue weighted by atomic mass is 10.2. The average molecular weight is 377 g/mol. The van der Waals surface area contributed by atoms with Crippen LogP contribution in [0.15, 0.2) is 12.1 Å². The Morgan fingerprint density at radius 3 is 2.45 bits per heavy atom. The smallest absolute Gasteiger partial charge is 0.137 e. The van der Waals surface area contributed by atoms with E-state index >= 15 is 0 Å². The van der Waals surface area contributed by atoms with E-state index in [0.29, 0.717) is 10.1 Å². The third-order valence-electron chi connectivity index (χ3n) is 1.28. The lowest BCUT2D eigenvalue weighted by molar-refractivity contribution is 0.616. The van der Waals surface area contributed by atoms with E-state index in [0.717, 1.165) is 9.13 Å². The molecule has 0 saturated heterocycles. The monoisotopic (exact) mass is 377 g/mol. The van der Waals surface area contributed by atoms with E-state index < -0.39 is 0 Å². The van der Waals surface area contributed by atoms with Crippen molar-refractivity contribution in [2.24, 2.45) is 5.73 Å². The molecule has 0 aliphatic rings. The van der Waals surface area contributed by atoms with Gasteiger partial charge in [-0.25, -0.2) is 4.39 Å². The summed E-state index contributed by atoms with van der Waals surface area (Å²) in [5.41, 5.74) is 6.21. The summed E-state index contributed by atoms with van der Waals surface area (Å²) in [5, 5.41) is 0. The molecule has 1 aromatic carbocycles. The highest BCUT2D eigenvalue weighted by Crippen LogP contribution is 2.19. The van der Waals surface area contributed by atoms with Crippen LogP contribution in [0.3, 0.4) is 0 Å². The molecule has 0 bridgehead atoms. The molecular weight excluding hydrogens is 371 g/mol. The van der Waals surface area contributed by atoms with Gasteiger partial charge in [-0.05, 0) is 62.9 Å². The molecule has 1 nitrogen and oxygen atoms in total. The number of hydrogen-bond donors (Lipinski definition) is 1. The second-order valence-electron chi connectivity index (χ2n) is 2.08. The molecule has 4 heteroatoms. The molecular formula is C7H6FI2N. The molecule has 60 valence electrons. The fourth-order valence-electron chi connectivity index (χ4n) is 0.726. The first-order valence-corrected chi connectivity index (χ1v) is 5.14. The summed E-state index contributed by atoms with van der Waals surface area (Å²) in [7, 11) is 0. The summed E-state index contributed by atoms with van der Waals surface area (Å²) in [6.07, 6.45) is 0. The van der Waals surface area contributed by atoms with Crippen LogP contribution < -0.4 is 5.73 Å². The maximum absolute atomic E-state index is 13.0. The van der Waals surface area contributed by atoms with Crippen molar-refractivity contribution in [1.82, 2.24) is 0 Å². The van der Waals surface area contributed by atoms with Crippen LogP contribution in [-0.4, -0.2) is 0 Å². The molecule has 0 amide bonds. The standard InChI is InChI=1S/C7H6FI2N/c8-5-1-4(3-11)2-6(9)7(5)10/h1-2H,3,11H2. The van der Waals surface area contributed by atoms with E-state index in [2.05, 4.69) is 22.6 Å². The van der Waals surface area contributed by atoms with Gasteiger partial charge >= 0.3 is 0 Å². The van der Waals surface area contributed by atoms with Crippen molar-refractivity contribution in [3.63, 3.8) is 0 Å². The van der Waals surface area contributed by atoms with Crippen LogP contribution in [0, 0.1) is 13.0 Å². The molecule has 0 aliphatic carbocycles. The SMILES string of the molecule is NCc1cc(F)c(I)c(I)c1.